The van der Waals surface area contributed by atoms with Gasteiger partial charge in [0.1, 0.15) is 11.3 Å². The fraction of sp³-hybridized carbons (Fsp3) is 0. The summed E-state index contributed by atoms with van der Waals surface area (Å²) in [5.41, 5.74) is 1.91. The Balaban J connectivity index is 2.30. The largest absolute Gasteiger partial charge is 0.456 e. The lowest BCUT2D eigenvalue weighted by Gasteiger charge is -2.03. The quantitative estimate of drug-likeness (QED) is 0.436. The molecule has 3 aromatic rings. The molecule has 0 atom stereocenters. The van der Waals surface area contributed by atoms with Crippen LogP contribution in [-0.4, -0.2) is 0 Å². The van der Waals surface area contributed by atoms with Crippen LogP contribution in [0.1, 0.15) is 0 Å². The fourth-order valence-electron chi connectivity index (χ4n) is 1.88. The summed E-state index contributed by atoms with van der Waals surface area (Å²) in [6.07, 6.45) is 0. The molecule has 3 rings (SSSR count). The van der Waals surface area contributed by atoms with E-state index in [2.05, 4.69) is 47.8 Å². The number of furan rings is 1. The minimum absolute atomic E-state index is 0.844. The van der Waals surface area contributed by atoms with E-state index in [9.17, 15) is 0 Å². The Labute approximate surface area is 130 Å². The van der Waals surface area contributed by atoms with E-state index >= 15 is 0 Å². The van der Waals surface area contributed by atoms with Crippen LogP contribution < -0.4 is 0 Å². The van der Waals surface area contributed by atoms with Crippen molar-refractivity contribution in [1.82, 2.24) is 0 Å². The predicted octanol–water partition coefficient (Wildman–Crippen LogP) is 6.39. The van der Waals surface area contributed by atoms with Crippen LogP contribution in [0.5, 0.6) is 0 Å². The Hall–Kier alpha value is -0.580. The van der Waals surface area contributed by atoms with E-state index in [1.165, 1.54) is 0 Å². The second-order valence-corrected chi connectivity index (χ2v) is 6.42. The molecule has 0 N–H and O–H groups in total. The van der Waals surface area contributed by atoms with Crippen LogP contribution in [0.25, 0.3) is 22.3 Å². The Bertz CT molecular complexity index is 711. The number of rotatable bonds is 1. The summed E-state index contributed by atoms with van der Waals surface area (Å²) in [5.74, 6) is 0.844. The summed E-state index contributed by atoms with van der Waals surface area (Å²) in [4.78, 5) is 0. The van der Waals surface area contributed by atoms with Gasteiger partial charge in [-0.1, -0.05) is 28.1 Å². The van der Waals surface area contributed by atoms with Gasteiger partial charge in [-0.3, -0.25) is 0 Å². The Kier molecular flexibility index (Phi) is 3.34. The van der Waals surface area contributed by atoms with Crippen LogP contribution in [-0.2, 0) is 0 Å². The van der Waals surface area contributed by atoms with Crippen LogP contribution in [0, 0.1) is 0 Å². The highest BCUT2D eigenvalue weighted by molar-refractivity contribution is 9.11. The van der Waals surface area contributed by atoms with Crippen molar-refractivity contribution in [2.45, 2.75) is 0 Å². The van der Waals surface area contributed by atoms with E-state index in [4.69, 9.17) is 4.42 Å². The zero-order valence-electron chi connectivity index (χ0n) is 9.08. The summed E-state index contributed by atoms with van der Waals surface area (Å²) >= 11 is 10.7. The number of fused-ring (bicyclic) bond motifs is 1. The first-order valence-electron chi connectivity index (χ1n) is 5.29. The van der Waals surface area contributed by atoms with Crippen LogP contribution in [0.4, 0.5) is 0 Å². The lowest BCUT2D eigenvalue weighted by Crippen LogP contribution is -1.78. The maximum Gasteiger partial charge on any atom is 0.137 e. The van der Waals surface area contributed by atoms with Gasteiger partial charge in [-0.25, -0.2) is 0 Å². The summed E-state index contributed by atoms with van der Waals surface area (Å²) in [6, 6.07) is 14.0. The molecule has 90 valence electrons. The van der Waals surface area contributed by atoms with Crippen molar-refractivity contribution in [3.63, 3.8) is 0 Å². The molecule has 0 aliphatic heterocycles. The predicted molar refractivity (Wildman–Crippen MR) is 84.7 cm³/mol. The number of halogens is 3. The topological polar surface area (TPSA) is 13.1 Å². The fourth-order valence-corrected chi connectivity index (χ4v) is 3.73. The van der Waals surface area contributed by atoms with E-state index in [-0.39, 0.29) is 0 Å². The molecule has 0 amide bonds. The van der Waals surface area contributed by atoms with Crippen molar-refractivity contribution in [2.75, 3.05) is 0 Å². The van der Waals surface area contributed by atoms with E-state index in [0.717, 1.165) is 35.7 Å². The van der Waals surface area contributed by atoms with Gasteiger partial charge in [0.2, 0.25) is 0 Å². The third-order valence-corrected chi connectivity index (χ3v) is 4.73. The normalized spacial score (nSPS) is 11.1. The Morgan fingerprint density at radius 2 is 1.39 bits per heavy atom. The molecule has 0 spiro atoms. The van der Waals surface area contributed by atoms with Gasteiger partial charge in [0.25, 0.3) is 0 Å². The number of hydrogen-bond donors (Lipinski definition) is 0. The smallest absolute Gasteiger partial charge is 0.137 e. The maximum atomic E-state index is 5.91. The van der Waals surface area contributed by atoms with Gasteiger partial charge in [-0.2, -0.15) is 0 Å². The van der Waals surface area contributed by atoms with Gasteiger partial charge in [0.05, 0.1) is 0 Å². The molecule has 1 aromatic heterocycles. The molecule has 0 saturated carbocycles. The molecule has 0 aliphatic rings. The summed E-state index contributed by atoms with van der Waals surface area (Å²) < 4.78 is 8.96. The average Bonchev–Trinajstić information content (AvgIpc) is 2.74. The highest BCUT2D eigenvalue weighted by atomic mass is 79.9. The highest BCUT2D eigenvalue weighted by Gasteiger charge is 2.13. The van der Waals surface area contributed by atoms with E-state index < -0.39 is 0 Å². The molecule has 0 aliphatic carbocycles. The second-order valence-electron chi connectivity index (χ2n) is 3.86. The summed E-state index contributed by atoms with van der Waals surface area (Å²) in [7, 11) is 0. The van der Waals surface area contributed by atoms with Gasteiger partial charge in [0, 0.05) is 24.4 Å². The molecular formula is C14H7Br3O. The maximum absolute atomic E-state index is 5.91. The first-order valence-corrected chi connectivity index (χ1v) is 7.67. The van der Waals surface area contributed by atoms with E-state index in [1.54, 1.807) is 0 Å². The van der Waals surface area contributed by atoms with Crippen molar-refractivity contribution in [3.05, 3.63) is 55.9 Å². The van der Waals surface area contributed by atoms with Crippen LogP contribution >= 0.6 is 47.8 Å². The monoisotopic (exact) mass is 428 g/mol. The van der Waals surface area contributed by atoms with Crippen LogP contribution in [0.15, 0.2) is 60.3 Å². The Morgan fingerprint density at radius 1 is 0.778 bits per heavy atom. The van der Waals surface area contributed by atoms with Gasteiger partial charge in [-0.15, -0.1) is 0 Å². The third-order valence-electron chi connectivity index (χ3n) is 2.72. The van der Waals surface area contributed by atoms with Crippen LogP contribution in [0.2, 0.25) is 0 Å². The van der Waals surface area contributed by atoms with Gasteiger partial charge >= 0.3 is 0 Å². The molecule has 18 heavy (non-hydrogen) atoms. The molecular weight excluding hydrogens is 424 g/mol. The SMILES string of the molecule is Brc1cccc(Br)c1-c1cc2c(Br)cccc2o1. The molecule has 0 fully saturated rings. The summed E-state index contributed by atoms with van der Waals surface area (Å²) in [5, 5.41) is 1.08. The second kappa shape index (κ2) is 4.83. The first-order chi connectivity index (χ1) is 8.66. The number of hydrogen-bond acceptors (Lipinski definition) is 1. The van der Waals surface area contributed by atoms with Crippen LogP contribution in [0.3, 0.4) is 0 Å². The molecule has 4 heteroatoms. The molecule has 2 aromatic carbocycles. The highest BCUT2D eigenvalue weighted by Crippen LogP contribution is 2.39. The minimum atomic E-state index is 0.844. The van der Waals surface area contributed by atoms with E-state index in [0.29, 0.717) is 0 Å². The van der Waals surface area contributed by atoms with Crippen molar-refractivity contribution >= 4 is 58.8 Å². The van der Waals surface area contributed by atoms with Crippen molar-refractivity contribution in [2.24, 2.45) is 0 Å². The minimum Gasteiger partial charge on any atom is -0.456 e. The van der Waals surface area contributed by atoms with Crippen molar-refractivity contribution in [3.8, 4) is 11.3 Å². The number of benzene rings is 2. The lowest BCUT2D eigenvalue weighted by molar-refractivity contribution is 0.631. The summed E-state index contributed by atoms with van der Waals surface area (Å²) in [6.45, 7) is 0. The van der Waals surface area contributed by atoms with E-state index in [1.807, 2.05) is 42.5 Å². The zero-order chi connectivity index (χ0) is 12.7. The van der Waals surface area contributed by atoms with Gasteiger partial charge in [0.15, 0.2) is 0 Å². The molecule has 0 unspecified atom stereocenters. The third kappa shape index (κ3) is 2.06. The van der Waals surface area contributed by atoms with Crippen molar-refractivity contribution in [1.29, 1.82) is 0 Å². The van der Waals surface area contributed by atoms with Gasteiger partial charge in [-0.05, 0) is 62.2 Å². The Morgan fingerprint density at radius 3 is 2.06 bits per heavy atom. The molecule has 1 nitrogen and oxygen atoms in total. The van der Waals surface area contributed by atoms with Gasteiger partial charge < -0.3 is 4.42 Å². The molecule has 0 saturated heterocycles. The lowest BCUT2D eigenvalue weighted by atomic mass is 10.1. The van der Waals surface area contributed by atoms with Crippen molar-refractivity contribution < 1.29 is 4.42 Å². The average molecular weight is 431 g/mol. The molecule has 0 bridgehead atoms. The molecule has 0 radical (unpaired) electrons. The zero-order valence-corrected chi connectivity index (χ0v) is 13.8. The standard InChI is InChI=1S/C14H7Br3O/c15-9-3-2-6-12-8(9)7-13(18-12)14-10(16)4-1-5-11(14)17/h1-7H. The molecule has 1 heterocycles. The first kappa shape index (κ1) is 12.5.